The lowest BCUT2D eigenvalue weighted by atomic mass is 10.0. The van der Waals surface area contributed by atoms with E-state index in [1.54, 1.807) is 0 Å². The van der Waals surface area contributed by atoms with Gasteiger partial charge in [-0.1, -0.05) is 55.8 Å². The maximum Gasteiger partial charge on any atom is 0.229 e. The van der Waals surface area contributed by atoms with Crippen LogP contribution in [0.3, 0.4) is 0 Å². The van der Waals surface area contributed by atoms with Crippen molar-refractivity contribution < 1.29 is 4.79 Å². The van der Waals surface area contributed by atoms with Gasteiger partial charge in [0.2, 0.25) is 5.91 Å². The van der Waals surface area contributed by atoms with Gasteiger partial charge >= 0.3 is 0 Å². The summed E-state index contributed by atoms with van der Waals surface area (Å²) in [6.45, 7) is 8.66. The van der Waals surface area contributed by atoms with Crippen LogP contribution in [0.5, 0.6) is 0 Å². The number of carbonyl (C=O) groups is 1. The molecule has 0 atom stereocenters. The fourth-order valence-corrected chi connectivity index (χ4v) is 2.38. The van der Waals surface area contributed by atoms with Crippen molar-refractivity contribution in [1.82, 2.24) is 0 Å². The molecule has 0 N–H and O–H groups in total. The summed E-state index contributed by atoms with van der Waals surface area (Å²) in [5, 5.41) is 0. The van der Waals surface area contributed by atoms with E-state index in [1.165, 1.54) is 11.1 Å². The van der Waals surface area contributed by atoms with Gasteiger partial charge in [-0.3, -0.25) is 4.79 Å². The molecular formula is C19H23NO. The van der Waals surface area contributed by atoms with Crippen LogP contribution in [-0.4, -0.2) is 12.5 Å². The molecule has 0 aliphatic rings. The van der Waals surface area contributed by atoms with Crippen molar-refractivity contribution in [3.63, 3.8) is 0 Å². The van der Waals surface area contributed by atoms with Gasteiger partial charge in [0, 0.05) is 18.2 Å². The van der Waals surface area contributed by atoms with E-state index < -0.39 is 0 Å². The Morgan fingerprint density at radius 1 is 1.05 bits per heavy atom. The number of benzene rings is 2. The molecule has 0 saturated carbocycles. The van der Waals surface area contributed by atoms with Crippen LogP contribution >= 0.6 is 0 Å². The number of hydrogen-bond donors (Lipinski definition) is 0. The summed E-state index contributed by atoms with van der Waals surface area (Å²) in [5.74, 6) is 0.173. The van der Waals surface area contributed by atoms with E-state index in [9.17, 15) is 4.79 Å². The predicted octanol–water partition coefficient (Wildman–Crippen LogP) is 4.67. The molecule has 1 amide bonds. The lowest BCUT2D eigenvalue weighted by Crippen LogP contribution is -2.34. The first-order valence-corrected chi connectivity index (χ1v) is 7.51. The van der Waals surface area contributed by atoms with Crippen molar-refractivity contribution in [3.05, 3.63) is 54.1 Å². The first-order chi connectivity index (χ1) is 10.0. The van der Waals surface area contributed by atoms with Gasteiger partial charge in [0.05, 0.1) is 0 Å². The molecule has 0 radical (unpaired) electrons. The van der Waals surface area contributed by atoms with Gasteiger partial charge in [0.15, 0.2) is 0 Å². The van der Waals surface area contributed by atoms with E-state index in [2.05, 4.69) is 43.3 Å². The zero-order valence-electron chi connectivity index (χ0n) is 13.3. The monoisotopic (exact) mass is 281 g/mol. The summed E-state index contributed by atoms with van der Waals surface area (Å²) >= 11 is 0. The van der Waals surface area contributed by atoms with Crippen LogP contribution in [0.1, 0.15) is 26.3 Å². The van der Waals surface area contributed by atoms with Crippen LogP contribution in [0, 0.1) is 12.8 Å². The van der Waals surface area contributed by atoms with Crippen LogP contribution in [-0.2, 0) is 4.79 Å². The molecule has 0 heterocycles. The van der Waals surface area contributed by atoms with Crippen LogP contribution in [0.15, 0.2) is 48.5 Å². The van der Waals surface area contributed by atoms with Gasteiger partial charge < -0.3 is 4.90 Å². The van der Waals surface area contributed by atoms with Crippen molar-refractivity contribution in [1.29, 1.82) is 0 Å². The van der Waals surface area contributed by atoms with Gasteiger partial charge in [0.25, 0.3) is 0 Å². The number of anilines is 1. The van der Waals surface area contributed by atoms with E-state index in [0.29, 0.717) is 6.54 Å². The number of aryl methyl sites for hydroxylation is 1. The minimum Gasteiger partial charge on any atom is -0.312 e. The second kappa shape index (κ2) is 6.57. The molecule has 110 valence electrons. The normalized spacial score (nSPS) is 10.7. The second-order valence-electron chi connectivity index (χ2n) is 5.65. The van der Waals surface area contributed by atoms with Crippen molar-refractivity contribution >= 4 is 11.6 Å². The molecule has 2 rings (SSSR count). The summed E-state index contributed by atoms with van der Waals surface area (Å²) in [4.78, 5) is 14.1. The average molecular weight is 281 g/mol. The molecule has 0 spiro atoms. The smallest absolute Gasteiger partial charge is 0.229 e. The van der Waals surface area contributed by atoms with Crippen LogP contribution in [0.4, 0.5) is 5.69 Å². The third-order valence-electron chi connectivity index (χ3n) is 3.62. The fraction of sp³-hybridized carbons (Fsp3) is 0.316. The Morgan fingerprint density at radius 3 is 2.29 bits per heavy atom. The van der Waals surface area contributed by atoms with E-state index in [-0.39, 0.29) is 11.8 Å². The standard InChI is InChI=1S/C19H23NO/c1-5-20(19(21)14(2)3)18-8-6-7-17(13-18)16-11-9-15(4)10-12-16/h6-14H,5H2,1-4H3. The predicted molar refractivity (Wildman–Crippen MR) is 89.5 cm³/mol. The summed E-state index contributed by atoms with van der Waals surface area (Å²) in [7, 11) is 0. The fourth-order valence-electron chi connectivity index (χ4n) is 2.38. The van der Waals surface area contributed by atoms with Gasteiger partial charge in [-0.05, 0) is 37.1 Å². The highest BCUT2D eigenvalue weighted by Crippen LogP contribution is 2.25. The summed E-state index contributed by atoms with van der Waals surface area (Å²) in [5.41, 5.74) is 4.53. The molecule has 0 aliphatic carbocycles. The second-order valence-corrected chi connectivity index (χ2v) is 5.65. The minimum atomic E-state index is 0.00739. The molecule has 2 aromatic rings. The maximum absolute atomic E-state index is 12.3. The average Bonchev–Trinajstić information content (AvgIpc) is 2.49. The molecule has 0 unspecified atom stereocenters. The quantitative estimate of drug-likeness (QED) is 0.797. The van der Waals surface area contributed by atoms with Gasteiger partial charge in [0.1, 0.15) is 0 Å². The molecule has 2 heteroatoms. The van der Waals surface area contributed by atoms with Gasteiger partial charge in [-0.25, -0.2) is 0 Å². The number of nitrogens with zero attached hydrogens (tertiary/aromatic N) is 1. The van der Waals surface area contributed by atoms with E-state index in [4.69, 9.17) is 0 Å². The Bertz CT molecular complexity index is 614. The summed E-state index contributed by atoms with van der Waals surface area (Å²) in [6.07, 6.45) is 0. The molecule has 21 heavy (non-hydrogen) atoms. The summed E-state index contributed by atoms with van der Waals surface area (Å²) < 4.78 is 0. The van der Waals surface area contributed by atoms with Crippen LogP contribution in [0.25, 0.3) is 11.1 Å². The number of carbonyl (C=O) groups excluding carboxylic acids is 1. The van der Waals surface area contributed by atoms with Gasteiger partial charge in [-0.15, -0.1) is 0 Å². The van der Waals surface area contributed by atoms with Crippen molar-refractivity contribution in [2.75, 3.05) is 11.4 Å². The lowest BCUT2D eigenvalue weighted by Gasteiger charge is -2.23. The molecule has 0 saturated heterocycles. The van der Waals surface area contributed by atoms with E-state index >= 15 is 0 Å². The highest BCUT2D eigenvalue weighted by atomic mass is 16.2. The summed E-state index contributed by atoms with van der Waals surface area (Å²) in [6, 6.07) is 16.7. The Labute approximate surface area is 127 Å². The first-order valence-electron chi connectivity index (χ1n) is 7.51. The van der Waals surface area contributed by atoms with Crippen molar-refractivity contribution in [3.8, 4) is 11.1 Å². The number of amides is 1. The Kier molecular flexibility index (Phi) is 4.79. The molecular weight excluding hydrogens is 258 g/mol. The molecule has 0 aliphatic heterocycles. The SMILES string of the molecule is CCN(C(=O)C(C)C)c1cccc(-c2ccc(C)cc2)c1. The highest BCUT2D eigenvalue weighted by molar-refractivity contribution is 5.95. The van der Waals surface area contributed by atoms with E-state index in [0.717, 1.165) is 11.3 Å². The minimum absolute atomic E-state index is 0.00739. The highest BCUT2D eigenvalue weighted by Gasteiger charge is 2.17. The first kappa shape index (κ1) is 15.3. The zero-order valence-corrected chi connectivity index (χ0v) is 13.3. The third-order valence-corrected chi connectivity index (χ3v) is 3.62. The Hall–Kier alpha value is -2.09. The number of hydrogen-bond acceptors (Lipinski definition) is 1. The molecule has 2 nitrogen and oxygen atoms in total. The lowest BCUT2D eigenvalue weighted by molar-refractivity contribution is -0.121. The number of rotatable bonds is 4. The molecule has 0 aromatic heterocycles. The van der Waals surface area contributed by atoms with Crippen molar-refractivity contribution in [2.45, 2.75) is 27.7 Å². The molecule has 0 bridgehead atoms. The van der Waals surface area contributed by atoms with Crippen LogP contribution in [0.2, 0.25) is 0 Å². The maximum atomic E-state index is 12.3. The topological polar surface area (TPSA) is 20.3 Å². The van der Waals surface area contributed by atoms with Crippen molar-refractivity contribution in [2.24, 2.45) is 5.92 Å². The molecule has 0 fully saturated rings. The van der Waals surface area contributed by atoms with Gasteiger partial charge in [-0.2, -0.15) is 0 Å². The third kappa shape index (κ3) is 3.52. The Morgan fingerprint density at radius 2 is 1.71 bits per heavy atom. The molecule has 2 aromatic carbocycles. The van der Waals surface area contributed by atoms with Crippen LogP contribution < -0.4 is 4.90 Å². The van der Waals surface area contributed by atoms with E-state index in [1.807, 2.05) is 37.8 Å². The Balaban J connectivity index is 2.36. The zero-order chi connectivity index (χ0) is 15.4. The largest absolute Gasteiger partial charge is 0.312 e.